The summed E-state index contributed by atoms with van der Waals surface area (Å²) in [4.78, 5) is 22.1. The largest absolute Gasteiger partial charge is 0.271 e. The second-order valence-corrected chi connectivity index (χ2v) is 5.28. The molecule has 6 nitrogen and oxygen atoms in total. The van der Waals surface area contributed by atoms with Crippen LogP contribution < -0.4 is 5.43 Å². The molecule has 0 aliphatic heterocycles. The van der Waals surface area contributed by atoms with Gasteiger partial charge in [-0.25, -0.2) is 5.43 Å². The SMILES string of the molecule is CCC1CCC(=NNC(=O)c2cccc([N+](=O)[O-])c2)CC1. The highest BCUT2D eigenvalue weighted by molar-refractivity contribution is 5.96. The molecule has 0 aromatic heterocycles. The number of hydrazone groups is 1. The van der Waals surface area contributed by atoms with Crippen molar-refractivity contribution < 1.29 is 9.72 Å². The molecule has 0 heterocycles. The van der Waals surface area contributed by atoms with Crippen LogP contribution in [0.2, 0.25) is 0 Å². The minimum absolute atomic E-state index is 0.0984. The lowest BCUT2D eigenvalue weighted by molar-refractivity contribution is -0.384. The van der Waals surface area contributed by atoms with Crippen LogP contribution in [0.25, 0.3) is 0 Å². The summed E-state index contributed by atoms with van der Waals surface area (Å²) in [6.45, 7) is 2.19. The molecule has 0 radical (unpaired) electrons. The van der Waals surface area contributed by atoms with Crippen LogP contribution in [0.15, 0.2) is 29.4 Å². The summed E-state index contributed by atoms with van der Waals surface area (Å²) < 4.78 is 0. The fourth-order valence-electron chi connectivity index (χ4n) is 2.49. The summed E-state index contributed by atoms with van der Waals surface area (Å²) in [5, 5.41) is 14.8. The smallest absolute Gasteiger partial charge is 0.267 e. The fraction of sp³-hybridized carbons (Fsp3) is 0.467. The molecule has 1 aromatic rings. The van der Waals surface area contributed by atoms with E-state index in [0.717, 1.165) is 37.3 Å². The van der Waals surface area contributed by atoms with Crippen LogP contribution in [0.3, 0.4) is 0 Å². The Bertz CT molecular complexity index is 559. The summed E-state index contributed by atoms with van der Waals surface area (Å²) in [7, 11) is 0. The average molecular weight is 289 g/mol. The number of nitro benzene ring substituents is 1. The maximum Gasteiger partial charge on any atom is 0.271 e. The Morgan fingerprint density at radius 1 is 1.43 bits per heavy atom. The van der Waals surface area contributed by atoms with Gasteiger partial charge in [0.2, 0.25) is 0 Å². The van der Waals surface area contributed by atoms with Crippen LogP contribution in [-0.2, 0) is 0 Å². The topological polar surface area (TPSA) is 84.6 Å². The fourth-order valence-corrected chi connectivity index (χ4v) is 2.49. The van der Waals surface area contributed by atoms with E-state index in [0.29, 0.717) is 0 Å². The molecule has 0 atom stereocenters. The van der Waals surface area contributed by atoms with Gasteiger partial charge in [0.05, 0.1) is 4.92 Å². The van der Waals surface area contributed by atoms with E-state index < -0.39 is 10.8 Å². The third-order valence-corrected chi connectivity index (χ3v) is 3.89. The van der Waals surface area contributed by atoms with Crippen LogP contribution in [0, 0.1) is 16.0 Å². The molecule has 1 fully saturated rings. The van der Waals surface area contributed by atoms with Crippen molar-refractivity contribution in [3.05, 3.63) is 39.9 Å². The number of benzene rings is 1. The maximum absolute atomic E-state index is 11.9. The van der Waals surface area contributed by atoms with Gasteiger partial charge in [0.25, 0.3) is 11.6 Å². The monoisotopic (exact) mass is 289 g/mol. The molecule has 0 bridgehead atoms. The zero-order valence-corrected chi connectivity index (χ0v) is 12.0. The Morgan fingerprint density at radius 2 is 2.14 bits per heavy atom. The molecule has 1 aromatic carbocycles. The number of nitro groups is 1. The first-order chi connectivity index (χ1) is 10.1. The average Bonchev–Trinajstić information content (AvgIpc) is 2.53. The first kappa shape index (κ1) is 15.2. The van der Waals surface area contributed by atoms with Crippen LogP contribution in [0.1, 0.15) is 49.4 Å². The summed E-state index contributed by atoms with van der Waals surface area (Å²) >= 11 is 0. The first-order valence-electron chi connectivity index (χ1n) is 7.20. The zero-order chi connectivity index (χ0) is 15.2. The molecule has 0 spiro atoms. The number of hydrogen-bond acceptors (Lipinski definition) is 4. The molecular formula is C15H19N3O3. The Morgan fingerprint density at radius 3 is 2.76 bits per heavy atom. The standard InChI is InChI=1S/C15H19N3O3/c1-2-11-6-8-13(9-7-11)16-17-15(19)12-4-3-5-14(10-12)18(20)21/h3-5,10-11H,2,6-9H2,1H3,(H,17,19). The lowest BCUT2D eigenvalue weighted by Gasteiger charge is -2.21. The number of nitrogens with zero attached hydrogens (tertiary/aromatic N) is 2. The van der Waals surface area contributed by atoms with Gasteiger partial charge in [-0.05, 0) is 37.7 Å². The van der Waals surface area contributed by atoms with Crippen molar-refractivity contribution >= 4 is 17.3 Å². The predicted octanol–water partition coefficient (Wildman–Crippen LogP) is 3.28. The number of carbonyl (C=O) groups is 1. The predicted molar refractivity (Wildman–Crippen MR) is 80.2 cm³/mol. The highest BCUT2D eigenvalue weighted by Crippen LogP contribution is 2.24. The van der Waals surface area contributed by atoms with Gasteiger partial charge in [-0.15, -0.1) is 0 Å². The number of rotatable bonds is 4. The number of non-ortho nitro benzene ring substituents is 1. The molecule has 1 saturated carbocycles. The normalized spacial score (nSPS) is 18.1. The van der Waals surface area contributed by atoms with E-state index in [1.54, 1.807) is 0 Å². The summed E-state index contributed by atoms with van der Waals surface area (Å²) in [5.41, 5.74) is 3.64. The van der Waals surface area contributed by atoms with Crippen LogP contribution in [0.4, 0.5) is 5.69 Å². The molecule has 1 aliphatic rings. The molecule has 1 aliphatic carbocycles. The molecule has 0 saturated heterocycles. The second-order valence-electron chi connectivity index (χ2n) is 5.28. The third-order valence-electron chi connectivity index (χ3n) is 3.89. The van der Waals surface area contributed by atoms with Gasteiger partial charge in [0.1, 0.15) is 0 Å². The molecule has 1 N–H and O–H groups in total. The van der Waals surface area contributed by atoms with Crippen molar-refractivity contribution in [2.75, 3.05) is 0 Å². The van der Waals surface area contributed by atoms with Crippen molar-refractivity contribution in [1.29, 1.82) is 0 Å². The van der Waals surface area contributed by atoms with Crippen molar-refractivity contribution in [2.24, 2.45) is 11.0 Å². The van der Waals surface area contributed by atoms with Gasteiger partial charge >= 0.3 is 0 Å². The Balaban J connectivity index is 1.96. The lowest BCUT2D eigenvalue weighted by Crippen LogP contribution is -2.22. The number of amides is 1. The van der Waals surface area contributed by atoms with Crippen LogP contribution in [0.5, 0.6) is 0 Å². The molecule has 112 valence electrons. The Hall–Kier alpha value is -2.24. The summed E-state index contributed by atoms with van der Waals surface area (Å²) in [5.74, 6) is 0.347. The van der Waals surface area contributed by atoms with Gasteiger partial charge in [-0.2, -0.15) is 5.10 Å². The highest BCUT2D eigenvalue weighted by Gasteiger charge is 2.16. The van der Waals surface area contributed by atoms with Gasteiger partial charge in [-0.1, -0.05) is 19.4 Å². The van der Waals surface area contributed by atoms with E-state index >= 15 is 0 Å². The minimum Gasteiger partial charge on any atom is -0.267 e. The quantitative estimate of drug-likeness (QED) is 0.681. The van der Waals surface area contributed by atoms with E-state index in [9.17, 15) is 14.9 Å². The van der Waals surface area contributed by atoms with Crippen LogP contribution in [-0.4, -0.2) is 16.5 Å². The molecule has 0 unspecified atom stereocenters. The van der Waals surface area contributed by atoms with E-state index in [2.05, 4.69) is 17.5 Å². The number of carbonyl (C=O) groups excluding carboxylic acids is 1. The molecule has 2 rings (SSSR count). The molecule has 1 amide bonds. The Kier molecular flexibility index (Phi) is 5.03. The number of hydrogen-bond donors (Lipinski definition) is 1. The second kappa shape index (κ2) is 6.97. The van der Waals surface area contributed by atoms with Crippen molar-refractivity contribution in [3.8, 4) is 0 Å². The van der Waals surface area contributed by atoms with Gasteiger partial charge in [0, 0.05) is 23.4 Å². The van der Waals surface area contributed by atoms with Gasteiger partial charge in [-0.3, -0.25) is 14.9 Å². The lowest BCUT2D eigenvalue weighted by atomic mass is 9.86. The van der Waals surface area contributed by atoms with Crippen molar-refractivity contribution in [3.63, 3.8) is 0 Å². The summed E-state index contributed by atoms with van der Waals surface area (Å²) in [6, 6.07) is 5.64. The molecular weight excluding hydrogens is 270 g/mol. The maximum atomic E-state index is 11.9. The van der Waals surface area contributed by atoms with E-state index in [-0.39, 0.29) is 11.3 Å². The van der Waals surface area contributed by atoms with E-state index in [1.807, 2.05) is 0 Å². The van der Waals surface area contributed by atoms with Gasteiger partial charge in [0.15, 0.2) is 0 Å². The first-order valence-corrected chi connectivity index (χ1v) is 7.20. The minimum atomic E-state index is -0.519. The van der Waals surface area contributed by atoms with Crippen LogP contribution >= 0.6 is 0 Å². The highest BCUT2D eigenvalue weighted by atomic mass is 16.6. The van der Waals surface area contributed by atoms with E-state index in [4.69, 9.17) is 0 Å². The Labute approximate surface area is 123 Å². The van der Waals surface area contributed by atoms with Gasteiger partial charge < -0.3 is 0 Å². The van der Waals surface area contributed by atoms with Crippen molar-refractivity contribution in [2.45, 2.75) is 39.0 Å². The number of nitrogens with one attached hydrogen (secondary N) is 1. The van der Waals surface area contributed by atoms with E-state index in [1.165, 1.54) is 30.7 Å². The molecule has 21 heavy (non-hydrogen) atoms. The summed E-state index contributed by atoms with van der Waals surface area (Å²) in [6.07, 6.45) is 5.23. The zero-order valence-electron chi connectivity index (χ0n) is 12.0. The molecule has 6 heteroatoms. The third kappa shape index (κ3) is 4.11. The van der Waals surface area contributed by atoms with Crippen molar-refractivity contribution in [1.82, 2.24) is 5.43 Å².